The number of halogens is 2. The van der Waals surface area contributed by atoms with Gasteiger partial charge in [0, 0.05) is 16.1 Å². The molecule has 128 valence electrons. The van der Waals surface area contributed by atoms with Crippen LogP contribution in [0.4, 0.5) is 5.69 Å². The van der Waals surface area contributed by atoms with E-state index in [9.17, 15) is 4.79 Å². The Balaban J connectivity index is 1.79. The third-order valence-electron chi connectivity index (χ3n) is 3.89. The number of thiophene rings is 1. The van der Waals surface area contributed by atoms with Crippen molar-refractivity contribution in [3.05, 3.63) is 81.7 Å². The predicted octanol–water partition coefficient (Wildman–Crippen LogP) is 6.52. The number of anilines is 1. The van der Waals surface area contributed by atoms with Crippen LogP contribution >= 0.6 is 34.5 Å². The molecular formula is C20H12Cl2N2OS. The van der Waals surface area contributed by atoms with Gasteiger partial charge in [-0.25, -0.2) is 4.98 Å². The molecule has 0 spiro atoms. The molecule has 1 N–H and O–H groups in total. The normalized spacial score (nSPS) is 10.8. The van der Waals surface area contributed by atoms with Crippen molar-refractivity contribution < 1.29 is 4.79 Å². The number of aromatic nitrogens is 1. The van der Waals surface area contributed by atoms with Crippen LogP contribution in [0.3, 0.4) is 0 Å². The van der Waals surface area contributed by atoms with E-state index in [2.05, 4.69) is 10.3 Å². The van der Waals surface area contributed by atoms with Gasteiger partial charge in [-0.3, -0.25) is 4.79 Å². The molecule has 6 heteroatoms. The Morgan fingerprint density at radius 2 is 1.73 bits per heavy atom. The van der Waals surface area contributed by atoms with Crippen molar-refractivity contribution in [3.63, 3.8) is 0 Å². The van der Waals surface area contributed by atoms with Gasteiger partial charge in [0.15, 0.2) is 0 Å². The van der Waals surface area contributed by atoms with Gasteiger partial charge in [-0.1, -0.05) is 41.4 Å². The van der Waals surface area contributed by atoms with E-state index in [0.717, 1.165) is 21.5 Å². The van der Waals surface area contributed by atoms with Crippen molar-refractivity contribution in [2.45, 2.75) is 0 Å². The standard InChI is InChI=1S/C20H12Cl2N2OS/c21-12-5-7-13(8-6-12)23-20(25)15-11-17(18-9-10-19(22)26-18)24-16-4-2-1-3-14(15)16/h1-11H,(H,23,25). The summed E-state index contributed by atoms with van der Waals surface area (Å²) in [6.07, 6.45) is 0. The highest BCUT2D eigenvalue weighted by molar-refractivity contribution is 7.19. The van der Waals surface area contributed by atoms with Gasteiger partial charge in [0.2, 0.25) is 0 Å². The number of nitrogens with one attached hydrogen (secondary N) is 1. The van der Waals surface area contributed by atoms with Crippen molar-refractivity contribution in [1.29, 1.82) is 0 Å². The third-order valence-corrected chi connectivity index (χ3v) is 5.39. The molecule has 0 bridgehead atoms. The van der Waals surface area contributed by atoms with Gasteiger partial charge >= 0.3 is 0 Å². The number of carbonyl (C=O) groups excluding carboxylic acids is 1. The number of hydrogen-bond donors (Lipinski definition) is 1. The van der Waals surface area contributed by atoms with Crippen LogP contribution in [0, 0.1) is 0 Å². The Labute approximate surface area is 164 Å². The van der Waals surface area contributed by atoms with E-state index in [4.69, 9.17) is 23.2 Å². The first-order chi connectivity index (χ1) is 12.6. The SMILES string of the molecule is O=C(Nc1ccc(Cl)cc1)c1cc(-c2ccc(Cl)s2)nc2ccccc12. The summed E-state index contributed by atoms with van der Waals surface area (Å²) >= 11 is 13.4. The van der Waals surface area contributed by atoms with Gasteiger partial charge in [0.1, 0.15) is 0 Å². The van der Waals surface area contributed by atoms with Gasteiger partial charge in [0.25, 0.3) is 5.91 Å². The maximum absolute atomic E-state index is 12.9. The molecule has 4 aromatic rings. The minimum absolute atomic E-state index is 0.199. The summed E-state index contributed by atoms with van der Waals surface area (Å²) in [4.78, 5) is 18.5. The zero-order chi connectivity index (χ0) is 18.1. The zero-order valence-corrected chi connectivity index (χ0v) is 15.7. The molecule has 26 heavy (non-hydrogen) atoms. The second kappa shape index (κ2) is 7.08. The van der Waals surface area contributed by atoms with E-state index >= 15 is 0 Å². The molecule has 0 atom stereocenters. The van der Waals surface area contributed by atoms with Crippen molar-refractivity contribution in [1.82, 2.24) is 4.98 Å². The molecule has 0 radical (unpaired) electrons. The van der Waals surface area contributed by atoms with E-state index in [1.54, 1.807) is 30.3 Å². The highest BCUT2D eigenvalue weighted by Crippen LogP contribution is 2.32. The molecule has 2 aromatic carbocycles. The van der Waals surface area contributed by atoms with Gasteiger partial charge in [0.05, 0.1) is 26.0 Å². The zero-order valence-electron chi connectivity index (χ0n) is 13.4. The van der Waals surface area contributed by atoms with Crippen LogP contribution in [0.15, 0.2) is 66.7 Å². The Morgan fingerprint density at radius 1 is 0.962 bits per heavy atom. The molecular weight excluding hydrogens is 387 g/mol. The van der Waals surface area contributed by atoms with Gasteiger partial charge in [-0.2, -0.15) is 0 Å². The average molecular weight is 399 g/mol. The second-order valence-electron chi connectivity index (χ2n) is 5.64. The van der Waals surface area contributed by atoms with Gasteiger partial charge < -0.3 is 5.32 Å². The lowest BCUT2D eigenvalue weighted by Crippen LogP contribution is -2.13. The third kappa shape index (κ3) is 3.44. The summed E-state index contributed by atoms with van der Waals surface area (Å²) in [5.41, 5.74) is 2.73. The number of amides is 1. The topological polar surface area (TPSA) is 42.0 Å². The monoisotopic (exact) mass is 398 g/mol. The number of pyridine rings is 1. The second-order valence-corrected chi connectivity index (χ2v) is 7.79. The minimum Gasteiger partial charge on any atom is -0.322 e. The van der Waals surface area contributed by atoms with E-state index < -0.39 is 0 Å². The van der Waals surface area contributed by atoms with Crippen molar-refractivity contribution in [2.75, 3.05) is 5.32 Å². The lowest BCUT2D eigenvalue weighted by molar-refractivity contribution is 0.102. The van der Waals surface area contributed by atoms with E-state index in [-0.39, 0.29) is 5.91 Å². The molecule has 0 aliphatic rings. The Morgan fingerprint density at radius 3 is 2.46 bits per heavy atom. The molecule has 0 saturated heterocycles. The molecule has 0 fully saturated rings. The van der Waals surface area contributed by atoms with Crippen LogP contribution in [-0.2, 0) is 0 Å². The van der Waals surface area contributed by atoms with Crippen LogP contribution in [0.2, 0.25) is 9.36 Å². The maximum Gasteiger partial charge on any atom is 0.256 e. The molecule has 0 saturated carbocycles. The number of para-hydroxylation sites is 1. The van der Waals surface area contributed by atoms with Crippen LogP contribution < -0.4 is 5.32 Å². The number of fused-ring (bicyclic) bond motifs is 1. The van der Waals surface area contributed by atoms with E-state index in [1.165, 1.54) is 11.3 Å². The first-order valence-corrected chi connectivity index (χ1v) is 9.40. The predicted molar refractivity (Wildman–Crippen MR) is 109 cm³/mol. The number of carbonyl (C=O) groups is 1. The molecule has 3 nitrogen and oxygen atoms in total. The molecule has 0 aliphatic heterocycles. The molecule has 2 aromatic heterocycles. The maximum atomic E-state index is 12.9. The number of hydrogen-bond acceptors (Lipinski definition) is 3. The van der Waals surface area contributed by atoms with Crippen LogP contribution in [0.5, 0.6) is 0 Å². The van der Waals surface area contributed by atoms with E-state index in [0.29, 0.717) is 20.6 Å². The lowest BCUT2D eigenvalue weighted by atomic mass is 10.1. The molecule has 0 aliphatic carbocycles. The highest BCUT2D eigenvalue weighted by Gasteiger charge is 2.15. The molecule has 0 unspecified atom stereocenters. The molecule has 2 heterocycles. The summed E-state index contributed by atoms with van der Waals surface area (Å²) in [7, 11) is 0. The van der Waals surface area contributed by atoms with Crippen molar-refractivity contribution in [3.8, 4) is 10.6 Å². The molecule has 4 rings (SSSR count). The summed E-state index contributed by atoms with van der Waals surface area (Å²) in [6, 6.07) is 20.1. The molecule has 1 amide bonds. The Bertz CT molecular complexity index is 1110. The van der Waals surface area contributed by atoms with Gasteiger partial charge in [-0.15, -0.1) is 11.3 Å². The quantitative estimate of drug-likeness (QED) is 0.426. The van der Waals surface area contributed by atoms with Crippen LogP contribution in [0.1, 0.15) is 10.4 Å². The summed E-state index contributed by atoms with van der Waals surface area (Å²) in [5.74, 6) is -0.199. The number of rotatable bonds is 3. The smallest absolute Gasteiger partial charge is 0.256 e. The first kappa shape index (κ1) is 17.0. The number of nitrogens with zero attached hydrogens (tertiary/aromatic N) is 1. The minimum atomic E-state index is -0.199. The first-order valence-electron chi connectivity index (χ1n) is 7.82. The Hall–Kier alpha value is -2.40. The van der Waals surface area contributed by atoms with Gasteiger partial charge in [-0.05, 0) is 48.5 Å². The average Bonchev–Trinajstić information content (AvgIpc) is 3.09. The lowest BCUT2D eigenvalue weighted by Gasteiger charge is -2.10. The van der Waals surface area contributed by atoms with Crippen LogP contribution in [-0.4, -0.2) is 10.9 Å². The fourth-order valence-corrected chi connectivity index (χ4v) is 3.80. The summed E-state index contributed by atoms with van der Waals surface area (Å²) < 4.78 is 0.683. The number of benzene rings is 2. The Kier molecular flexibility index (Phi) is 4.64. The van der Waals surface area contributed by atoms with Crippen molar-refractivity contribution >= 4 is 57.0 Å². The van der Waals surface area contributed by atoms with E-state index in [1.807, 2.05) is 36.4 Å². The highest BCUT2D eigenvalue weighted by atomic mass is 35.5. The fourth-order valence-electron chi connectivity index (χ4n) is 2.67. The summed E-state index contributed by atoms with van der Waals surface area (Å²) in [6.45, 7) is 0. The largest absolute Gasteiger partial charge is 0.322 e. The fraction of sp³-hybridized carbons (Fsp3) is 0. The summed E-state index contributed by atoms with van der Waals surface area (Å²) in [5, 5.41) is 4.33. The van der Waals surface area contributed by atoms with Crippen molar-refractivity contribution in [2.24, 2.45) is 0 Å². The van der Waals surface area contributed by atoms with Crippen LogP contribution in [0.25, 0.3) is 21.5 Å².